The van der Waals surface area contributed by atoms with Gasteiger partial charge in [-0.15, -0.1) is 0 Å². The van der Waals surface area contributed by atoms with Gasteiger partial charge >= 0.3 is 0 Å². The average Bonchev–Trinajstić information content (AvgIpc) is 2.25. The normalized spacial score (nSPS) is 12.1. The molecule has 1 unspecified atom stereocenters. The molecule has 0 aromatic heterocycles. The molecular weight excluding hydrogens is 186 g/mol. The van der Waals surface area contributed by atoms with Gasteiger partial charge < -0.3 is 5.32 Å². The van der Waals surface area contributed by atoms with Crippen molar-refractivity contribution in [3.63, 3.8) is 0 Å². The molecule has 0 saturated heterocycles. The molecule has 0 aliphatic carbocycles. The van der Waals surface area contributed by atoms with Crippen LogP contribution in [0.25, 0.3) is 0 Å². The molecular formula is C13H19NO. The summed E-state index contributed by atoms with van der Waals surface area (Å²) in [5, 5.41) is 3.26. The van der Waals surface area contributed by atoms with E-state index in [9.17, 15) is 4.79 Å². The SMILES string of the molecule is CCCCC(Nc1ccccc1)C(C)=O. The molecule has 1 aromatic rings. The molecule has 0 amide bonds. The van der Waals surface area contributed by atoms with E-state index in [1.54, 1.807) is 6.92 Å². The number of hydrogen-bond acceptors (Lipinski definition) is 2. The third-order valence-electron chi connectivity index (χ3n) is 2.45. The lowest BCUT2D eigenvalue weighted by Crippen LogP contribution is -2.27. The van der Waals surface area contributed by atoms with Gasteiger partial charge in [0.15, 0.2) is 5.78 Å². The molecule has 1 atom stereocenters. The third kappa shape index (κ3) is 4.15. The van der Waals surface area contributed by atoms with Crippen molar-refractivity contribution in [3.05, 3.63) is 30.3 Å². The highest BCUT2D eigenvalue weighted by molar-refractivity contribution is 5.84. The van der Waals surface area contributed by atoms with Crippen molar-refractivity contribution in [2.75, 3.05) is 5.32 Å². The van der Waals surface area contributed by atoms with Gasteiger partial charge in [-0.25, -0.2) is 0 Å². The average molecular weight is 205 g/mol. The Kier molecular flexibility index (Phi) is 4.88. The third-order valence-corrected chi connectivity index (χ3v) is 2.45. The fraction of sp³-hybridized carbons (Fsp3) is 0.462. The molecule has 0 aliphatic rings. The quantitative estimate of drug-likeness (QED) is 0.772. The molecule has 0 aliphatic heterocycles. The zero-order valence-electron chi connectivity index (χ0n) is 9.49. The molecule has 15 heavy (non-hydrogen) atoms. The molecule has 1 N–H and O–H groups in total. The summed E-state index contributed by atoms with van der Waals surface area (Å²) in [6.45, 7) is 3.79. The number of para-hydroxylation sites is 1. The summed E-state index contributed by atoms with van der Waals surface area (Å²) >= 11 is 0. The van der Waals surface area contributed by atoms with Crippen LogP contribution in [0.4, 0.5) is 5.69 Å². The van der Waals surface area contributed by atoms with Crippen LogP contribution in [-0.4, -0.2) is 11.8 Å². The van der Waals surface area contributed by atoms with Crippen LogP contribution in [0.1, 0.15) is 33.1 Å². The molecule has 0 radical (unpaired) electrons. The highest BCUT2D eigenvalue weighted by atomic mass is 16.1. The highest BCUT2D eigenvalue weighted by Gasteiger charge is 2.12. The van der Waals surface area contributed by atoms with Gasteiger partial charge in [0.25, 0.3) is 0 Å². The van der Waals surface area contributed by atoms with Crippen molar-refractivity contribution >= 4 is 11.5 Å². The fourth-order valence-corrected chi connectivity index (χ4v) is 1.52. The van der Waals surface area contributed by atoms with Crippen molar-refractivity contribution in [3.8, 4) is 0 Å². The van der Waals surface area contributed by atoms with E-state index in [0.29, 0.717) is 0 Å². The van der Waals surface area contributed by atoms with Gasteiger partial charge in [-0.1, -0.05) is 38.0 Å². The Hall–Kier alpha value is -1.31. The lowest BCUT2D eigenvalue weighted by atomic mass is 10.1. The second-order valence-corrected chi connectivity index (χ2v) is 3.82. The molecule has 0 bridgehead atoms. The Balaban J connectivity index is 2.55. The largest absolute Gasteiger partial charge is 0.375 e. The van der Waals surface area contributed by atoms with Crippen LogP contribution < -0.4 is 5.32 Å². The standard InChI is InChI=1S/C13H19NO/c1-3-4-10-13(11(2)15)14-12-8-6-5-7-9-12/h5-9,13-14H,3-4,10H2,1-2H3. The minimum Gasteiger partial charge on any atom is -0.375 e. The van der Waals surface area contributed by atoms with Gasteiger partial charge in [0.05, 0.1) is 6.04 Å². The van der Waals surface area contributed by atoms with E-state index < -0.39 is 0 Å². The molecule has 0 heterocycles. The maximum atomic E-state index is 11.4. The van der Waals surface area contributed by atoms with Crippen LogP contribution in [0.2, 0.25) is 0 Å². The van der Waals surface area contributed by atoms with Gasteiger partial charge in [-0.05, 0) is 25.5 Å². The molecule has 1 aromatic carbocycles. The van der Waals surface area contributed by atoms with Crippen molar-refractivity contribution in [2.45, 2.75) is 39.2 Å². The molecule has 1 rings (SSSR count). The Bertz CT molecular complexity index is 295. The Labute approximate surface area is 91.7 Å². The van der Waals surface area contributed by atoms with E-state index in [0.717, 1.165) is 24.9 Å². The van der Waals surface area contributed by atoms with Crippen LogP contribution in [0.3, 0.4) is 0 Å². The second-order valence-electron chi connectivity index (χ2n) is 3.82. The zero-order chi connectivity index (χ0) is 11.1. The van der Waals surface area contributed by atoms with Crippen molar-refractivity contribution in [1.82, 2.24) is 0 Å². The molecule has 82 valence electrons. The van der Waals surface area contributed by atoms with Crippen molar-refractivity contribution < 1.29 is 4.79 Å². The number of Topliss-reactive ketones (excluding diaryl/α,β-unsaturated/α-hetero) is 1. The van der Waals surface area contributed by atoms with E-state index in [1.807, 2.05) is 30.3 Å². The van der Waals surface area contributed by atoms with Gasteiger partial charge in [-0.2, -0.15) is 0 Å². The monoisotopic (exact) mass is 205 g/mol. The number of hydrogen-bond donors (Lipinski definition) is 1. The second kappa shape index (κ2) is 6.23. The summed E-state index contributed by atoms with van der Waals surface area (Å²) in [4.78, 5) is 11.4. The van der Waals surface area contributed by atoms with E-state index in [-0.39, 0.29) is 11.8 Å². The smallest absolute Gasteiger partial charge is 0.151 e. The minimum absolute atomic E-state index is 0.0349. The number of unbranched alkanes of at least 4 members (excludes halogenated alkanes) is 1. The Morgan fingerprint density at radius 3 is 2.53 bits per heavy atom. The first kappa shape index (κ1) is 11.8. The molecule has 0 fully saturated rings. The number of ketones is 1. The number of anilines is 1. The summed E-state index contributed by atoms with van der Waals surface area (Å²) in [5.41, 5.74) is 1.02. The predicted octanol–water partition coefficient (Wildman–Crippen LogP) is 3.25. The highest BCUT2D eigenvalue weighted by Crippen LogP contribution is 2.11. The van der Waals surface area contributed by atoms with Gasteiger partial charge in [0.1, 0.15) is 0 Å². The first-order valence-corrected chi connectivity index (χ1v) is 5.56. The zero-order valence-corrected chi connectivity index (χ0v) is 9.49. The Morgan fingerprint density at radius 2 is 2.00 bits per heavy atom. The summed E-state index contributed by atoms with van der Waals surface area (Å²) < 4.78 is 0. The van der Waals surface area contributed by atoms with Crippen molar-refractivity contribution in [2.24, 2.45) is 0 Å². The van der Waals surface area contributed by atoms with E-state index in [4.69, 9.17) is 0 Å². The van der Waals surface area contributed by atoms with Crippen LogP contribution in [0, 0.1) is 0 Å². The summed E-state index contributed by atoms with van der Waals surface area (Å²) in [6.07, 6.45) is 3.13. The van der Waals surface area contributed by atoms with Gasteiger partial charge in [0, 0.05) is 5.69 Å². The lowest BCUT2D eigenvalue weighted by molar-refractivity contribution is -0.117. The summed E-state index contributed by atoms with van der Waals surface area (Å²) in [6, 6.07) is 9.86. The van der Waals surface area contributed by atoms with Crippen LogP contribution in [0.15, 0.2) is 30.3 Å². The van der Waals surface area contributed by atoms with E-state index >= 15 is 0 Å². The summed E-state index contributed by atoms with van der Waals surface area (Å²) in [7, 11) is 0. The minimum atomic E-state index is -0.0349. The molecule has 2 nitrogen and oxygen atoms in total. The maximum Gasteiger partial charge on any atom is 0.151 e. The lowest BCUT2D eigenvalue weighted by Gasteiger charge is -2.16. The summed E-state index contributed by atoms with van der Waals surface area (Å²) in [5.74, 6) is 0.215. The van der Waals surface area contributed by atoms with Gasteiger partial charge in [-0.3, -0.25) is 4.79 Å². The molecule has 0 spiro atoms. The first-order chi connectivity index (χ1) is 7.24. The number of nitrogens with one attached hydrogen (secondary N) is 1. The molecule has 0 saturated carbocycles. The van der Waals surface area contributed by atoms with E-state index in [2.05, 4.69) is 12.2 Å². The van der Waals surface area contributed by atoms with Crippen LogP contribution in [0.5, 0.6) is 0 Å². The predicted molar refractivity (Wildman–Crippen MR) is 64.1 cm³/mol. The Morgan fingerprint density at radius 1 is 1.33 bits per heavy atom. The molecule has 2 heteroatoms. The maximum absolute atomic E-state index is 11.4. The first-order valence-electron chi connectivity index (χ1n) is 5.56. The van der Waals surface area contributed by atoms with Crippen LogP contribution >= 0.6 is 0 Å². The van der Waals surface area contributed by atoms with E-state index in [1.165, 1.54) is 0 Å². The number of carbonyl (C=O) groups excluding carboxylic acids is 1. The number of rotatable bonds is 6. The topological polar surface area (TPSA) is 29.1 Å². The fourth-order valence-electron chi connectivity index (χ4n) is 1.52. The number of benzene rings is 1. The van der Waals surface area contributed by atoms with Gasteiger partial charge in [0.2, 0.25) is 0 Å². The van der Waals surface area contributed by atoms with Crippen molar-refractivity contribution in [1.29, 1.82) is 0 Å². The number of carbonyl (C=O) groups is 1. The van der Waals surface area contributed by atoms with Crippen LogP contribution in [-0.2, 0) is 4.79 Å².